The zero-order valence-electron chi connectivity index (χ0n) is 20.0. The number of piperazine rings is 1. The summed E-state index contributed by atoms with van der Waals surface area (Å²) >= 11 is 0. The van der Waals surface area contributed by atoms with Crippen LogP contribution in [0.25, 0.3) is 0 Å². The number of sulfonamides is 1. The number of nitrogens with one attached hydrogen (secondary N) is 2. The van der Waals surface area contributed by atoms with Crippen molar-refractivity contribution in [3.63, 3.8) is 0 Å². The van der Waals surface area contributed by atoms with Crippen LogP contribution in [0.15, 0.2) is 47.5 Å². The molecule has 33 heavy (non-hydrogen) atoms. The van der Waals surface area contributed by atoms with E-state index in [-0.39, 0.29) is 29.2 Å². The van der Waals surface area contributed by atoms with Gasteiger partial charge in [0.15, 0.2) is 0 Å². The lowest BCUT2D eigenvalue weighted by Gasteiger charge is -2.33. The number of hydrogen-bond donors (Lipinski definition) is 2. The predicted octanol–water partition coefficient (Wildman–Crippen LogP) is 2.12. The zero-order chi connectivity index (χ0) is 24.1. The molecule has 2 heterocycles. The third-order valence-corrected chi connectivity index (χ3v) is 7.28. The van der Waals surface area contributed by atoms with Crippen LogP contribution in [0.1, 0.15) is 38.3 Å². The monoisotopic (exact) mass is 473 g/mol. The third kappa shape index (κ3) is 7.25. The number of aromatic nitrogens is 1. The molecule has 0 unspecified atom stereocenters. The molecule has 1 amide bonds. The molecular formula is C24H35N5O3S. The fourth-order valence-electron chi connectivity index (χ4n) is 3.55. The number of carbonyl (C=O) groups is 1. The van der Waals surface area contributed by atoms with E-state index in [1.165, 1.54) is 0 Å². The Balaban J connectivity index is 1.42. The largest absolute Gasteiger partial charge is 0.354 e. The summed E-state index contributed by atoms with van der Waals surface area (Å²) in [5, 5.41) is 2.82. The maximum Gasteiger partial charge on any atom is 0.240 e. The molecule has 1 aliphatic heterocycles. The molecule has 2 aromatic rings. The first-order valence-electron chi connectivity index (χ1n) is 11.3. The Kier molecular flexibility index (Phi) is 8.10. The minimum atomic E-state index is -3.65. The van der Waals surface area contributed by atoms with E-state index >= 15 is 0 Å². The van der Waals surface area contributed by atoms with E-state index in [9.17, 15) is 13.2 Å². The number of nitrogens with zero attached hydrogens (tertiary/aromatic N) is 3. The maximum atomic E-state index is 12.5. The highest BCUT2D eigenvalue weighted by molar-refractivity contribution is 7.89. The summed E-state index contributed by atoms with van der Waals surface area (Å²) < 4.78 is 27.5. The number of likely N-dealkylation sites (N-methyl/N-ethyl adjacent to an activating group) is 1. The smallest absolute Gasteiger partial charge is 0.240 e. The van der Waals surface area contributed by atoms with Crippen LogP contribution < -0.4 is 14.9 Å². The third-order valence-electron chi connectivity index (χ3n) is 5.80. The van der Waals surface area contributed by atoms with Crippen molar-refractivity contribution >= 4 is 21.7 Å². The highest BCUT2D eigenvalue weighted by atomic mass is 32.2. The zero-order valence-corrected chi connectivity index (χ0v) is 20.8. The van der Waals surface area contributed by atoms with Gasteiger partial charge in [0.1, 0.15) is 5.82 Å². The molecule has 1 aromatic carbocycles. The molecule has 0 atom stereocenters. The Hall–Kier alpha value is -2.49. The Morgan fingerprint density at radius 2 is 1.70 bits per heavy atom. The summed E-state index contributed by atoms with van der Waals surface area (Å²) in [6, 6.07) is 10.8. The van der Waals surface area contributed by atoms with Crippen LogP contribution in [0, 0.1) is 0 Å². The lowest BCUT2D eigenvalue weighted by atomic mass is 9.87. The van der Waals surface area contributed by atoms with Gasteiger partial charge in [0, 0.05) is 51.9 Å². The van der Waals surface area contributed by atoms with Gasteiger partial charge in [-0.05, 0) is 41.8 Å². The van der Waals surface area contributed by atoms with Crippen LogP contribution >= 0.6 is 0 Å². The van der Waals surface area contributed by atoms with E-state index < -0.39 is 10.0 Å². The average Bonchev–Trinajstić information content (AvgIpc) is 2.78. The molecule has 1 aromatic heterocycles. The van der Waals surface area contributed by atoms with Gasteiger partial charge in [-0.2, -0.15) is 0 Å². The number of pyridine rings is 1. The molecule has 3 rings (SSSR count). The van der Waals surface area contributed by atoms with Gasteiger partial charge >= 0.3 is 0 Å². The van der Waals surface area contributed by atoms with Gasteiger partial charge < -0.3 is 15.1 Å². The van der Waals surface area contributed by atoms with Crippen LogP contribution in [0.4, 0.5) is 5.82 Å². The van der Waals surface area contributed by atoms with Gasteiger partial charge in [0.2, 0.25) is 15.9 Å². The first-order valence-corrected chi connectivity index (χ1v) is 12.8. The Labute approximate surface area is 197 Å². The van der Waals surface area contributed by atoms with Crippen molar-refractivity contribution in [2.75, 3.05) is 44.7 Å². The average molecular weight is 474 g/mol. The van der Waals surface area contributed by atoms with Gasteiger partial charge in [0.25, 0.3) is 0 Å². The summed E-state index contributed by atoms with van der Waals surface area (Å²) in [7, 11) is -1.54. The fourth-order valence-corrected chi connectivity index (χ4v) is 4.58. The van der Waals surface area contributed by atoms with E-state index in [4.69, 9.17) is 0 Å². The van der Waals surface area contributed by atoms with Crippen molar-refractivity contribution in [3.05, 3.63) is 53.7 Å². The standard InChI is InChI=1S/C24H35N5O3S/c1-24(2,3)20-6-8-21(9-7-20)33(31,32)27-12-11-23(30)26-18-19-5-10-22(25-17-19)29-15-13-28(4)14-16-29/h5-10,17,27H,11-16,18H2,1-4H3,(H,26,30). The lowest BCUT2D eigenvalue weighted by molar-refractivity contribution is -0.121. The van der Waals surface area contributed by atoms with Crippen molar-refractivity contribution in [2.24, 2.45) is 0 Å². The normalized spacial score (nSPS) is 15.5. The summed E-state index contributed by atoms with van der Waals surface area (Å²) in [6.07, 6.45) is 1.84. The molecule has 0 saturated carbocycles. The van der Waals surface area contributed by atoms with Crippen molar-refractivity contribution < 1.29 is 13.2 Å². The summed E-state index contributed by atoms with van der Waals surface area (Å²) in [5.74, 6) is 0.729. The second-order valence-corrected chi connectivity index (χ2v) is 11.3. The van der Waals surface area contributed by atoms with Gasteiger partial charge in [-0.3, -0.25) is 4.79 Å². The number of carbonyl (C=O) groups excluding carboxylic acids is 1. The summed E-state index contributed by atoms with van der Waals surface area (Å²) in [6.45, 7) is 10.6. The van der Waals surface area contributed by atoms with Crippen LogP contribution in [-0.4, -0.2) is 64.0 Å². The molecule has 9 heteroatoms. The van der Waals surface area contributed by atoms with E-state index in [2.05, 4.69) is 52.6 Å². The minimum Gasteiger partial charge on any atom is -0.354 e. The second kappa shape index (κ2) is 10.6. The van der Waals surface area contributed by atoms with Crippen molar-refractivity contribution in [2.45, 2.75) is 44.0 Å². The number of amides is 1. The van der Waals surface area contributed by atoms with Gasteiger partial charge in [-0.15, -0.1) is 0 Å². The molecule has 0 radical (unpaired) electrons. The van der Waals surface area contributed by atoms with Crippen LogP contribution in [0.3, 0.4) is 0 Å². The SMILES string of the molecule is CN1CCN(c2ccc(CNC(=O)CCNS(=O)(=O)c3ccc(C(C)(C)C)cc3)cn2)CC1. The van der Waals surface area contributed by atoms with Crippen molar-refractivity contribution in [1.29, 1.82) is 0 Å². The fraction of sp³-hybridized carbons (Fsp3) is 0.500. The van der Waals surface area contributed by atoms with Crippen molar-refractivity contribution in [3.8, 4) is 0 Å². The molecule has 0 spiro atoms. The molecule has 8 nitrogen and oxygen atoms in total. The molecule has 1 aliphatic rings. The second-order valence-electron chi connectivity index (χ2n) is 9.51. The first kappa shape index (κ1) is 25.1. The number of benzene rings is 1. The molecule has 1 fully saturated rings. The predicted molar refractivity (Wildman–Crippen MR) is 131 cm³/mol. The minimum absolute atomic E-state index is 0.0375. The van der Waals surface area contributed by atoms with E-state index in [0.717, 1.165) is 43.1 Å². The molecule has 0 aliphatic carbocycles. The van der Waals surface area contributed by atoms with Crippen molar-refractivity contribution in [1.82, 2.24) is 19.9 Å². The summed E-state index contributed by atoms with van der Waals surface area (Å²) in [4.78, 5) is 21.4. The maximum absolute atomic E-state index is 12.5. The highest BCUT2D eigenvalue weighted by Gasteiger charge is 2.18. The Morgan fingerprint density at radius 1 is 1.03 bits per heavy atom. The molecular weight excluding hydrogens is 438 g/mol. The van der Waals surface area contributed by atoms with Gasteiger partial charge in [0.05, 0.1) is 4.90 Å². The van der Waals surface area contributed by atoms with E-state index in [0.29, 0.717) is 6.54 Å². The van der Waals surface area contributed by atoms with E-state index in [1.807, 2.05) is 24.3 Å². The van der Waals surface area contributed by atoms with Crippen LogP contribution in [0.5, 0.6) is 0 Å². The topological polar surface area (TPSA) is 94.6 Å². The van der Waals surface area contributed by atoms with Crippen LogP contribution in [-0.2, 0) is 26.8 Å². The van der Waals surface area contributed by atoms with Gasteiger partial charge in [-0.1, -0.05) is 39.0 Å². The van der Waals surface area contributed by atoms with Gasteiger partial charge in [-0.25, -0.2) is 18.1 Å². The quantitative estimate of drug-likeness (QED) is 0.610. The number of rotatable bonds is 8. The molecule has 180 valence electrons. The summed E-state index contributed by atoms with van der Waals surface area (Å²) in [5.41, 5.74) is 1.92. The molecule has 2 N–H and O–H groups in total. The Morgan fingerprint density at radius 3 is 2.27 bits per heavy atom. The number of hydrogen-bond acceptors (Lipinski definition) is 6. The first-order chi connectivity index (χ1) is 15.5. The number of anilines is 1. The molecule has 1 saturated heterocycles. The highest BCUT2D eigenvalue weighted by Crippen LogP contribution is 2.23. The van der Waals surface area contributed by atoms with E-state index in [1.54, 1.807) is 18.3 Å². The van der Waals surface area contributed by atoms with Crippen LogP contribution in [0.2, 0.25) is 0 Å². The molecule has 0 bridgehead atoms. The lowest BCUT2D eigenvalue weighted by Crippen LogP contribution is -2.44. The Bertz CT molecular complexity index is 1020.